The van der Waals surface area contributed by atoms with Crippen LogP contribution in [-0.2, 0) is 0 Å². The molecule has 4 nitrogen and oxygen atoms in total. The fraction of sp³-hybridized carbons (Fsp3) is 0.385. The lowest BCUT2D eigenvalue weighted by molar-refractivity contribution is 0.0785. The second-order valence-electron chi connectivity index (χ2n) is 4.62. The van der Waals surface area contributed by atoms with Crippen molar-refractivity contribution in [3.63, 3.8) is 0 Å². The van der Waals surface area contributed by atoms with Crippen molar-refractivity contribution in [1.29, 1.82) is 0 Å². The van der Waals surface area contributed by atoms with Gasteiger partial charge < -0.3 is 4.90 Å². The van der Waals surface area contributed by atoms with Crippen molar-refractivity contribution in [1.82, 2.24) is 14.3 Å². The fourth-order valence-corrected chi connectivity index (χ4v) is 2.62. The minimum atomic E-state index is 0.0693. The highest BCUT2D eigenvalue weighted by Gasteiger charge is 2.24. The summed E-state index contributed by atoms with van der Waals surface area (Å²) in [5, 5.41) is 0.632. The maximum atomic E-state index is 12.5. The van der Waals surface area contributed by atoms with Crippen LogP contribution in [0.2, 0.25) is 5.02 Å². The van der Waals surface area contributed by atoms with E-state index < -0.39 is 0 Å². The van der Waals surface area contributed by atoms with Crippen molar-refractivity contribution >= 4 is 23.2 Å². The Labute approximate surface area is 110 Å². The number of likely N-dealkylation sites (tertiary alicyclic amines) is 1. The average molecular weight is 264 g/mol. The first kappa shape index (κ1) is 11.5. The molecular formula is C13H14ClN3O. The van der Waals surface area contributed by atoms with E-state index in [1.807, 2.05) is 16.2 Å². The van der Waals surface area contributed by atoms with Crippen LogP contribution in [0.1, 0.15) is 29.0 Å². The molecule has 18 heavy (non-hydrogen) atoms. The number of nitrogens with zero attached hydrogens (tertiary/aromatic N) is 3. The third kappa shape index (κ3) is 1.77. The van der Waals surface area contributed by atoms with Crippen LogP contribution in [0, 0.1) is 6.92 Å². The van der Waals surface area contributed by atoms with E-state index in [0.29, 0.717) is 10.7 Å². The summed E-state index contributed by atoms with van der Waals surface area (Å²) in [5.74, 6) is 0.0693. The zero-order valence-corrected chi connectivity index (χ0v) is 10.9. The molecule has 0 aliphatic carbocycles. The third-order valence-corrected chi connectivity index (χ3v) is 3.59. The summed E-state index contributed by atoms with van der Waals surface area (Å²) in [5.41, 5.74) is 2.14. The first-order valence-electron chi connectivity index (χ1n) is 6.10. The fourth-order valence-electron chi connectivity index (χ4n) is 2.47. The molecule has 1 saturated heterocycles. The number of aromatic nitrogens is 2. The topological polar surface area (TPSA) is 37.6 Å². The molecule has 0 spiro atoms. The van der Waals surface area contributed by atoms with E-state index in [0.717, 1.165) is 37.3 Å². The van der Waals surface area contributed by atoms with Gasteiger partial charge in [-0.1, -0.05) is 11.6 Å². The minimum Gasteiger partial charge on any atom is -0.337 e. The molecule has 3 rings (SSSR count). The summed E-state index contributed by atoms with van der Waals surface area (Å²) in [6.07, 6.45) is 3.99. The number of fused-ring (bicyclic) bond motifs is 1. The van der Waals surface area contributed by atoms with Gasteiger partial charge in [0.25, 0.3) is 5.91 Å². The first-order chi connectivity index (χ1) is 8.66. The van der Waals surface area contributed by atoms with Gasteiger partial charge in [-0.25, -0.2) is 4.98 Å². The SMILES string of the molecule is Cc1nc2cc(Cl)ccn2c1C(=O)N1CCCC1. The molecule has 0 radical (unpaired) electrons. The first-order valence-corrected chi connectivity index (χ1v) is 6.48. The molecule has 2 aromatic rings. The molecule has 0 bridgehead atoms. The lowest BCUT2D eigenvalue weighted by Gasteiger charge is -2.15. The minimum absolute atomic E-state index is 0.0693. The Hall–Kier alpha value is -1.55. The molecule has 0 saturated carbocycles. The standard InChI is InChI=1S/C13H14ClN3O/c1-9-12(13(18)16-5-2-3-6-16)17-7-4-10(14)8-11(17)15-9/h4,7-8H,2-3,5-6H2,1H3. The van der Waals surface area contributed by atoms with E-state index in [9.17, 15) is 4.79 Å². The Kier molecular flexibility index (Phi) is 2.74. The Morgan fingerprint density at radius 2 is 2.11 bits per heavy atom. The number of carbonyl (C=O) groups is 1. The van der Waals surface area contributed by atoms with E-state index in [4.69, 9.17) is 11.6 Å². The van der Waals surface area contributed by atoms with Crippen LogP contribution < -0.4 is 0 Å². The van der Waals surface area contributed by atoms with E-state index in [-0.39, 0.29) is 5.91 Å². The highest BCUT2D eigenvalue weighted by molar-refractivity contribution is 6.30. The van der Waals surface area contributed by atoms with Gasteiger partial charge in [-0.2, -0.15) is 0 Å². The summed E-state index contributed by atoms with van der Waals surface area (Å²) in [4.78, 5) is 18.8. The zero-order valence-electron chi connectivity index (χ0n) is 10.2. The number of carbonyl (C=O) groups excluding carboxylic acids is 1. The predicted molar refractivity (Wildman–Crippen MR) is 70.1 cm³/mol. The van der Waals surface area contributed by atoms with E-state index in [1.54, 1.807) is 18.3 Å². The van der Waals surface area contributed by atoms with Crippen molar-refractivity contribution in [2.45, 2.75) is 19.8 Å². The van der Waals surface area contributed by atoms with Crippen LogP contribution in [0.5, 0.6) is 0 Å². The van der Waals surface area contributed by atoms with Gasteiger partial charge in [-0.3, -0.25) is 9.20 Å². The van der Waals surface area contributed by atoms with Crippen molar-refractivity contribution < 1.29 is 4.79 Å². The summed E-state index contributed by atoms with van der Waals surface area (Å²) in [6.45, 7) is 3.56. The molecular weight excluding hydrogens is 250 g/mol. The third-order valence-electron chi connectivity index (χ3n) is 3.36. The van der Waals surface area contributed by atoms with E-state index in [2.05, 4.69) is 4.98 Å². The maximum Gasteiger partial charge on any atom is 0.272 e. The Morgan fingerprint density at radius 1 is 1.39 bits per heavy atom. The molecule has 0 unspecified atom stereocenters. The van der Waals surface area contributed by atoms with Crippen LogP contribution in [0.15, 0.2) is 18.3 Å². The van der Waals surface area contributed by atoms with E-state index >= 15 is 0 Å². The van der Waals surface area contributed by atoms with Crippen molar-refractivity contribution in [3.05, 3.63) is 34.7 Å². The van der Waals surface area contributed by atoms with Crippen molar-refractivity contribution in [2.24, 2.45) is 0 Å². The van der Waals surface area contributed by atoms with Gasteiger partial charge in [-0.15, -0.1) is 0 Å². The van der Waals surface area contributed by atoms with Gasteiger partial charge in [0, 0.05) is 30.4 Å². The van der Waals surface area contributed by atoms with Gasteiger partial charge >= 0.3 is 0 Å². The number of imidazole rings is 1. The molecule has 1 aliphatic heterocycles. The van der Waals surface area contributed by atoms with Crippen molar-refractivity contribution in [3.8, 4) is 0 Å². The van der Waals surface area contributed by atoms with Gasteiger partial charge in [0.15, 0.2) is 0 Å². The number of rotatable bonds is 1. The number of aryl methyl sites for hydroxylation is 1. The van der Waals surface area contributed by atoms with Gasteiger partial charge in [0.1, 0.15) is 11.3 Å². The number of amides is 1. The molecule has 3 heterocycles. The Bertz CT molecular complexity index is 614. The molecule has 1 amide bonds. The predicted octanol–water partition coefficient (Wildman–Crippen LogP) is 2.53. The molecule has 1 aliphatic rings. The number of pyridine rings is 1. The summed E-state index contributed by atoms with van der Waals surface area (Å²) in [7, 11) is 0. The van der Waals surface area contributed by atoms with Crippen LogP contribution in [0.25, 0.3) is 5.65 Å². The van der Waals surface area contributed by atoms with Gasteiger partial charge in [0.05, 0.1) is 5.69 Å². The molecule has 0 atom stereocenters. The molecule has 1 fully saturated rings. The van der Waals surface area contributed by atoms with Crippen LogP contribution in [-0.4, -0.2) is 33.3 Å². The highest BCUT2D eigenvalue weighted by Crippen LogP contribution is 2.19. The molecule has 0 N–H and O–H groups in total. The molecule has 5 heteroatoms. The van der Waals surface area contributed by atoms with Gasteiger partial charge in [-0.05, 0) is 25.8 Å². The Balaban J connectivity index is 2.10. The number of hydrogen-bond donors (Lipinski definition) is 0. The smallest absolute Gasteiger partial charge is 0.272 e. The summed E-state index contributed by atoms with van der Waals surface area (Å²) < 4.78 is 1.82. The molecule has 0 aromatic carbocycles. The summed E-state index contributed by atoms with van der Waals surface area (Å²) >= 11 is 5.94. The molecule has 2 aromatic heterocycles. The zero-order chi connectivity index (χ0) is 12.7. The highest BCUT2D eigenvalue weighted by atomic mass is 35.5. The van der Waals surface area contributed by atoms with Crippen LogP contribution >= 0.6 is 11.6 Å². The summed E-state index contributed by atoms with van der Waals surface area (Å²) in [6, 6.07) is 3.55. The van der Waals surface area contributed by atoms with Crippen LogP contribution in [0.3, 0.4) is 0 Å². The van der Waals surface area contributed by atoms with Crippen molar-refractivity contribution in [2.75, 3.05) is 13.1 Å². The average Bonchev–Trinajstić information content (AvgIpc) is 2.94. The molecule has 94 valence electrons. The Morgan fingerprint density at radius 3 is 2.83 bits per heavy atom. The lowest BCUT2D eigenvalue weighted by Crippen LogP contribution is -2.29. The monoisotopic (exact) mass is 263 g/mol. The number of halogens is 1. The largest absolute Gasteiger partial charge is 0.337 e. The normalized spacial score (nSPS) is 15.6. The second kappa shape index (κ2) is 4.28. The maximum absolute atomic E-state index is 12.5. The number of hydrogen-bond acceptors (Lipinski definition) is 2. The van der Waals surface area contributed by atoms with Gasteiger partial charge in [0.2, 0.25) is 0 Å². The van der Waals surface area contributed by atoms with Crippen LogP contribution in [0.4, 0.5) is 0 Å². The second-order valence-corrected chi connectivity index (χ2v) is 5.05. The quantitative estimate of drug-likeness (QED) is 0.793. The van der Waals surface area contributed by atoms with E-state index in [1.165, 1.54) is 0 Å². The lowest BCUT2D eigenvalue weighted by atomic mass is 10.3.